The van der Waals surface area contributed by atoms with E-state index in [9.17, 15) is 0 Å². The van der Waals surface area contributed by atoms with Gasteiger partial charge in [-0.1, -0.05) is 11.6 Å². The maximum atomic E-state index is 5.87. The Hall–Kier alpha value is -1.30. The zero-order valence-corrected chi connectivity index (χ0v) is 15.6. The number of aromatic nitrogens is 2. The molecule has 1 aromatic carbocycles. The molecular weight excluding hydrogens is 348 g/mol. The van der Waals surface area contributed by atoms with Crippen molar-refractivity contribution in [3.05, 3.63) is 45.6 Å². The van der Waals surface area contributed by atoms with Gasteiger partial charge in [-0.3, -0.25) is 0 Å². The average Bonchev–Trinajstić information content (AvgIpc) is 2.80. The van der Waals surface area contributed by atoms with E-state index in [0.717, 1.165) is 27.2 Å². The summed E-state index contributed by atoms with van der Waals surface area (Å²) < 4.78 is 5.74. The molecule has 6 heteroatoms. The monoisotopic (exact) mass is 364 g/mol. The predicted octanol–water partition coefficient (Wildman–Crippen LogP) is 5.44. The smallest absolute Gasteiger partial charge is 0.128 e. The Morgan fingerprint density at radius 3 is 2.61 bits per heavy atom. The molecular formula is C17H17ClN2OS2. The topological polar surface area (TPSA) is 35.0 Å². The number of nitrogens with zero attached hydrogens (tertiary/aromatic N) is 2. The Morgan fingerprint density at radius 2 is 1.87 bits per heavy atom. The highest BCUT2D eigenvalue weighted by molar-refractivity contribution is 7.99. The van der Waals surface area contributed by atoms with Crippen molar-refractivity contribution in [1.29, 1.82) is 0 Å². The summed E-state index contributed by atoms with van der Waals surface area (Å²) >= 11 is 9.32. The van der Waals surface area contributed by atoms with Crippen LogP contribution in [0, 0.1) is 20.8 Å². The fourth-order valence-electron chi connectivity index (χ4n) is 2.25. The van der Waals surface area contributed by atoms with Crippen molar-refractivity contribution < 1.29 is 4.74 Å². The van der Waals surface area contributed by atoms with E-state index in [2.05, 4.69) is 23.8 Å². The number of aryl methyl sites for hydroxylation is 3. The van der Waals surface area contributed by atoms with E-state index in [1.807, 2.05) is 31.2 Å². The Bertz CT molecular complexity index is 831. The second-order valence-corrected chi connectivity index (χ2v) is 7.91. The summed E-state index contributed by atoms with van der Waals surface area (Å²) in [4.78, 5) is 11.6. The maximum absolute atomic E-state index is 5.87. The fraction of sp³-hybridized carbons (Fsp3) is 0.294. The highest BCUT2D eigenvalue weighted by Gasteiger charge is 2.13. The standard InChI is InChI=1S/C17H17ClN2OS2/c1-10-11(2)23-17-15(10)16(19-12(3)20-17)22-9-8-21-14-6-4-13(18)5-7-14/h4-7H,8-9H2,1-3H3. The average molecular weight is 365 g/mol. The molecule has 0 aliphatic carbocycles. The lowest BCUT2D eigenvalue weighted by Crippen LogP contribution is -2.01. The van der Waals surface area contributed by atoms with Crippen LogP contribution in [-0.2, 0) is 0 Å². The van der Waals surface area contributed by atoms with Crippen molar-refractivity contribution in [1.82, 2.24) is 9.97 Å². The summed E-state index contributed by atoms with van der Waals surface area (Å²) in [5, 5.41) is 2.96. The Morgan fingerprint density at radius 1 is 1.13 bits per heavy atom. The molecule has 3 rings (SSSR count). The van der Waals surface area contributed by atoms with Gasteiger partial charge >= 0.3 is 0 Å². The van der Waals surface area contributed by atoms with E-state index in [4.69, 9.17) is 16.3 Å². The molecule has 2 heterocycles. The van der Waals surface area contributed by atoms with Crippen molar-refractivity contribution >= 4 is 44.9 Å². The van der Waals surface area contributed by atoms with E-state index in [1.54, 1.807) is 23.1 Å². The Balaban J connectivity index is 1.68. The first-order chi connectivity index (χ1) is 11.0. The van der Waals surface area contributed by atoms with Gasteiger partial charge in [0.25, 0.3) is 0 Å². The van der Waals surface area contributed by atoms with Gasteiger partial charge in [-0.2, -0.15) is 0 Å². The molecule has 0 bridgehead atoms. The molecule has 23 heavy (non-hydrogen) atoms. The lowest BCUT2D eigenvalue weighted by molar-refractivity contribution is 0.344. The number of benzene rings is 1. The van der Waals surface area contributed by atoms with Gasteiger partial charge in [0.2, 0.25) is 0 Å². The fourth-order valence-corrected chi connectivity index (χ4v) is 4.46. The number of fused-ring (bicyclic) bond motifs is 1. The van der Waals surface area contributed by atoms with E-state index >= 15 is 0 Å². The second kappa shape index (κ2) is 7.07. The molecule has 0 atom stereocenters. The summed E-state index contributed by atoms with van der Waals surface area (Å²) in [6.45, 7) is 6.84. The molecule has 0 amide bonds. The Labute approximate surface area is 149 Å². The van der Waals surface area contributed by atoms with Gasteiger partial charge in [-0.15, -0.1) is 23.1 Å². The van der Waals surface area contributed by atoms with Crippen LogP contribution in [0.3, 0.4) is 0 Å². The largest absolute Gasteiger partial charge is 0.493 e. The van der Waals surface area contributed by atoms with Crippen molar-refractivity contribution in [3.63, 3.8) is 0 Å². The quantitative estimate of drug-likeness (QED) is 0.343. The third kappa shape index (κ3) is 3.79. The highest BCUT2D eigenvalue weighted by Crippen LogP contribution is 2.35. The predicted molar refractivity (Wildman–Crippen MR) is 99.3 cm³/mol. The number of rotatable bonds is 5. The first-order valence-corrected chi connectivity index (χ1v) is 9.48. The summed E-state index contributed by atoms with van der Waals surface area (Å²) in [6.07, 6.45) is 0. The van der Waals surface area contributed by atoms with Crippen LogP contribution < -0.4 is 4.74 Å². The molecule has 0 saturated heterocycles. The van der Waals surface area contributed by atoms with Gasteiger partial charge in [0.05, 0.1) is 6.61 Å². The van der Waals surface area contributed by atoms with Crippen LogP contribution in [-0.4, -0.2) is 22.3 Å². The Kier molecular flexibility index (Phi) is 5.09. The van der Waals surface area contributed by atoms with Gasteiger partial charge < -0.3 is 4.74 Å². The molecule has 0 saturated carbocycles. The minimum absolute atomic E-state index is 0.624. The van der Waals surface area contributed by atoms with Crippen LogP contribution in [0.2, 0.25) is 5.02 Å². The summed E-state index contributed by atoms with van der Waals surface area (Å²) in [7, 11) is 0. The number of hydrogen-bond donors (Lipinski definition) is 0. The van der Waals surface area contributed by atoms with Crippen LogP contribution in [0.15, 0.2) is 29.3 Å². The third-order valence-electron chi connectivity index (χ3n) is 3.51. The van der Waals surface area contributed by atoms with Gasteiger partial charge in [0.1, 0.15) is 21.4 Å². The SMILES string of the molecule is Cc1nc(SCCOc2ccc(Cl)cc2)c2c(C)c(C)sc2n1. The van der Waals surface area contributed by atoms with Crippen molar-refractivity contribution in [2.45, 2.75) is 25.8 Å². The molecule has 3 aromatic rings. The highest BCUT2D eigenvalue weighted by atomic mass is 35.5. The molecule has 2 aromatic heterocycles. The van der Waals surface area contributed by atoms with Crippen molar-refractivity contribution in [2.24, 2.45) is 0 Å². The van der Waals surface area contributed by atoms with E-state index in [-0.39, 0.29) is 0 Å². The molecule has 0 radical (unpaired) electrons. The first kappa shape index (κ1) is 16.6. The zero-order chi connectivity index (χ0) is 16.4. The zero-order valence-electron chi connectivity index (χ0n) is 13.2. The van der Waals surface area contributed by atoms with Gasteiger partial charge in [-0.05, 0) is 50.6 Å². The van der Waals surface area contributed by atoms with E-state index < -0.39 is 0 Å². The minimum atomic E-state index is 0.624. The second-order valence-electron chi connectivity index (χ2n) is 5.19. The molecule has 0 aliphatic rings. The number of hydrogen-bond acceptors (Lipinski definition) is 5. The van der Waals surface area contributed by atoms with E-state index in [0.29, 0.717) is 11.6 Å². The summed E-state index contributed by atoms with van der Waals surface area (Å²) in [5.41, 5.74) is 1.28. The van der Waals surface area contributed by atoms with Crippen molar-refractivity contribution in [2.75, 3.05) is 12.4 Å². The third-order valence-corrected chi connectivity index (χ3v) is 5.80. The maximum Gasteiger partial charge on any atom is 0.128 e. The van der Waals surface area contributed by atoms with Crippen LogP contribution in [0.5, 0.6) is 5.75 Å². The number of thioether (sulfide) groups is 1. The summed E-state index contributed by atoms with van der Waals surface area (Å²) in [5.74, 6) is 2.49. The van der Waals surface area contributed by atoms with Gasteiger partial charge in [0, 0.05) is 21.0 Å². The lowest BCUT2D eigenvalue weighted by atomic mass is 10.2. The lowest BCUT2D eigenvalue weighted by Gasteiger charge is -2.07. The molecule has 0 unspecified atom stereocenters. The van der Waals surface area contributed by atoms with E-state index in [1.165, 1.54) is 15.8 Å². The molecule has 0 fully saturated rings. The van der Waals surface area contributed by atoms with Crippen LogP contribution in [0.1, 0.15) is 16.3 Å². The molecule has 0 N–H and O–H groups in total. The van der Waals surface area contributed by atoms with Gasteiger partial charge in [0.15, 0.2) is 0 Å². The van der Waals surface area contributed by atoms with Crippen molar-refractivity contribution in [3.8, 4) is 5.75 Å². The van der Waals surface area contributed by atoms with Crippen LogP contribution >= 0.6 is 34.7 Å². The first-order valence-electron chi connectivity index (χ1n) is 7.30. The minimum Gasteiger partial charge on any atom is -0.493 e. The van der Waals surface area contributed by atoms with Crippen LogP contribution in [0.25, 0.3) is 10.2 Å². The van der Waals surface area contributed by atoms with Crippen LogP contribution in [0.4, 0.5) is 0 Å². The molecule has 0 spiro atoms. The molecule has 120 valence electrons. The number of thiophene rings is 1. The number of ether oxygens (including phenoxy) is 1. The van der Waals surface area contributed by atoms with Gasteiger partial charge in [-0.25, -0.2) is 9.97 Å². The number of halogens is 1. The molecule has 3 nitrogen and oxygen atoms in total. The normalized spacial score (nSPS) is 11.1. The summed E-state index contributed by atoms with van der Waals surface area (Å²) in [6, 6.07) is 7.43. The molecule has 0 aliphatic heterocycles.